The quantitative estimate of drug-likeness (QED) is 0.621. The third-order valence-corrected chi connectivity index (χ3v) is 3.34. The lowest BCUT2D eigenvalue weighted by Crippen LogP contribution is -2.05. The Balaban J connectivity index is 1.91. The SMILES string of the molecule is Cc1ccc(C2=N/C(=C/c3ccc(Cl)cc3)C(=O)O2)cc1. The molecule has 0 aromatic heterocycles. The highest BCUT2D eigenvalue weighted by Crippen LogP contribution is 2.20. The van der Waals surface area contributed by atoms with Crippen molar-refractivity contribution in [3.05, 3.63) is 75.9 Å². The van der Waals surface area contributed by atoms with Crippen LogP contribution in [0.5, 0.6) is 0 Å². The van der Waals surface area contributed by atoms with Gasteiger partial charge in [0, 0.05) is 10.6 Å². The topological polar surface area (TPSA) is 38.7 Å². The van der Waals surface area contributed by atoms with Crippen molar-refractivity contribution in [2.24, 2.45) is 4.99 Å². The Hall–Kier alpha value is -2.39. The van der Waals surface area contributed by atoms with Gasteiger partial charge in [-0.15, -0.1) is 0 Å². The number of aliphatic imine (C=N–C) groups is 1. The van der Waals surface area contributed by atoms with Crippen molar-refractivity contribution in [3.63, 3.8) is 0 Å². The van der Waals surface area contributed by atoms with Crippen molar-refractivity contribution in [3.8, 4) is 0 Å². The summed E-state index contributed by atoms with van der Waals surface area (Å²) < 4.78 is 5.21. The molecule has 0 aliphatic carbocycles. The average molecular weight is 298 g/mol. The number of cyclic esters (lactones) is 1. The molecule has 0 saturated heterocycles. The Morgan fingerprint density at radius 3 is 2.38 bits per heavy atom. The van der Waals surface area contributed by atoms with E-state index < -0.39 is 5.97 Å². The molecule has 0 fully saturated rings. The summed E-state index contributed by atoms with van der Waals surface area (Å²) >= 11 is 5.83. The zero-order valence-electron chi connectivity index (χ0n) is 11.3. The van der Waals surface area contributed by atoms with Crippen molar-refractivity contribution < 1.29 is 9.53 Å². The molecule has 4 heteroatoms. The highest BCUT2D eigenvalue weighted by Gasteiger charge is 2.23. The lowest BCUT2D eigenvalue weighted by atomic mass is 10.1. The fourth-order valence-electron chi connectivity index (χ4n) is 1.95. The zero-order valence-corrected chi connectivity index (χ0v) is 12.1. The van der Waals surface area contributed by atoms with Gasteiger partial charge in [0.1, 0.15) is 0 Å². The highest BCUT2D eigenvalue weighted by atomic mass is 35.5. The molecule has 1 heterocycles. The van der Waals surface area contributed by atoms with Gasteiger partial charge in [-0.1, -0.05) is 41.4 Å². The average Bonchev–Trinajstić information content (AvgIpc) is 2.83. The number of carbonyl (C=O) groups is 1. The van der Waals surface area contributed by atoms with Crippen molar-refractivity contribution in [1.82, 2.24) is 0 Å². The molecule has 3 rings (SSSR count). The van der Waals surface area contributed by atoms with Gasteiger partial charge in [-0.2, -0.15) is 0 Å². The summed E-state index contributed by atoms with van der Waals surface area (Å²) in [7, 11) is 0. The van der Waals surface area contributed by atoms with Crippen LogP contribution in [0.25, 0.3) is 6.08 Å². The molecule has 0 unspecified atom stereocenters. The molecule has 0 radical (unpaired) electrons. The van der Waals surface area contributed by atoms with Crippen LogP contribution in [0.4, 0.5) is 0 Å². The minimum Gasteiger partial charge on any atom is -0.402 e. The second-order valence-corrected chi connectivity index (χ2v) is 5.19. The Kier molecular flexibility index (Phi) is 3.59. The number of hydrogen-bond acceptors (Lipinski definition) is 3. The first-order chi connectivity index (χ1) is 10.1. The maximum atomic E-state index is 11.9. The number of carbonyl (C=O) groups excluding carboxylic acids is 1. The standard InChI is InChI=1S/C17H12ClNO2/c1-11-2-6-13(7-3-11)16-19-15(17(20)21-16)10-12-4-8-14(18)9-5-12/h2-10H,1H3/b15-10+. The van der Waals surface area contributed by atoms with Crippen LogP contribution in [0.3, 0.4) is 0 Å². The van der Waals surface area contributed by atoms with Gasteiger partial charge in [0.15, 0.2) is 5.70 Å². The zero-order chi connectivity index (χ0) is 14.8. The van der Waals surface area contributed by atoms with Crippen LogP contribution in [0, 0.1) is 6.92 Å². The largest absolute Gasteiger partial charge is 0.402 e. The minimum atomic E-state index is -0.444. The van der Waals surface area contributed by atoms with Gasteiger partial charge in [-0.3, -0.25) is 0 Å². The molecule has 0 saturated carbocycles. The van der Waals surface area contributed by atoms with E-state index in [1.807, 2.05) is 43.3 Å². The van der Waals surface area contributed by atoms with E-state index in [0.29, 0.717) is 10.9 Å². The molecular weight excluding hydrogens is 286 g/mol. The molecule has 0 spiro atoms. The van der Waals surface area contributed by atoms with Gasteiger partial charge in [-0.25, -0.2) is 9.79 Å². The summed E-state index contributed by atoms with van der Waals surface area (Å²) in [5.74, 6) is -0.110. The van der Waals surface area contributed by atoms with E-state index in [-0.39, 0.29) is 5.70 Å². The molecule has 0 atom stereocenters. The smallest absolute Gasteiger partial charge is 0.363 e. The number of rotatable bonds is 2. The molecule has 2 aromatic rings. The Morgan fingerprint density at radius 1 is 1.05 bits per heavy atom. The first-order valence-electron chi connectivity index (χ1n) is 6.47. The van der Waals surface area contributed by atoms with Gasteiger partial charge in [0.05, 0.1) is 0 Å². The van der Waals surface area contributed by atoms with Crippen LogP contribution in [0.15, 0.2) is 59.2 Å². The lowest BCUT2D eigenvalue weighted by molar-refractivity contribution is -0.129. The third kappa shape index (κ3) is 3.03. The Bertz CT molecular complexity index is 743. The summed E-state index contributed by atoms with van der Waals surface area (Å²) in [6, 6.07) is 14.8. The predicted molar refractivity (Wildman–Crippen MR) is 83.2 cm³/mol. The predicted octanol–water partition coefficient (Wildman–Crippen LogP) is 3.99. The summed E-state index contributed by atoms with van der Waals surface area (Å²) in [6.45, 7) is 2.00. The van der Waals surface area contributed by atoms with Gasteiger partial charge in [0.25, 0.3) is 0 Å². The highest BCUT2D eigenvalue weighted by molar-refractivity contribution is 6.30. The van der Waals surface area contributed by atoms with Crippen LogP contribution < -0.4 is 0 Å². The maximum Gasteiger partial charge on any atom is 0.363 e. The molecule has 3 nitrogen and oxygen atoms in total. The normalized spacial score (nSPS) is 16.0. The second-order valence-electron chi connectivity index (χ2n) is 4.75. The van der Waals surface area contributed by atoms with Crippen LogP contribution >= 0.6 is 11.6 Å². The second kappa shape index (κ2) is 5.54. The van der Waals surface area contributed by atoms with Crippen molar-refractivity contribution in [1.29, 1.82) is 0 Å². The van der Waals surface area contributed by atoms with Gasteiger partial charge < -0.3 is 4.74 Å². The maximum absolute atomic E-state index is 11.9. The van der Waals surface area contributed by atoms with E-state index in [1.54, 1.807) is 18.2 Å². The summed E-state index contributed by atoms with van der Waals surface area (Å²) in [6.07, 6.45) is 1.68. The molecule has 21 heavy (non-hydrogen) atoms. The first kappa shape index (κ1) is 13.6. The number of ether oxygens (including phenoxy) is 1. The number of nitrogens with zero attached hydrogens (tertiary/aromatic N) is 1. The number of hydrogen-bond donors (Lipinski definition) is 0. The van der Waals surface area contributed by atoms with Crippen LogP contribution in [-0.2, 0) is 9.53 Å². The number of halogens is 1. The Labute approximate surface area is 127 Å². The van der Waals surface area contributed by atoms with E-state index in [0.717, 1.165) is 16.7 Å². The molecule has 0 amide bonds. The molecule has 1 aliphatic rings. The summed E-state index contributed by atoms with van der Waals surface area (Å²) in [5.41, 5.74) is 3.06. The fraction of sp³-hybridized carbons (Fsp3) is 0.0588. The van der Waals surface area contributed by atoms with Gasteiger partial charge in [0.2, 0.25) is 5.90 Å². The fourth-order valence-corrected chi connectivity index (χ4v) is 2.07. The van der Waals surface area contributed by atoms with Gasteiger partial charge in [-0.05, 0) is 42.8 Å². The summed E-state index contributed by atoms with van der Waals surface area (Å²) in [5, 5.41) is 0.648. The van der Waals surface area contributed by atoms with E-state index >= 15 is 0 Å². The van der Waals surface area contributed by atoms with Crippen LogP contribution in [0.1, 0.15) is 16.7 Å². The van der Waals surface area contributed by atoms with E-state index in [1.165, 1.54) is 0 Å². The van der Waals surface area contributed by atoms with E-state index in [4.69, 9.17) is 16.3 Å². The lowest BCUT2D eigenvalue weighted by Gasteiger charge is -1.99. The number of aryl methyl sites for hydroxylation is 1. The van der Waals surface area contributed by atoms with Crippen LogP contribution in [0.2, 0.25) is 5.02 Å². The van der Waals surface area contributed by atoms with Crippen molar-refractivity contribution in [2.75, 3.05) is 0 Å². The molecule has 0 bridgehead atoms. The minimum absolute atomic E-state index is 0.285. The van der Waals surface area contributed by atoms with E-state index in [9.17, 15) is 4.79 Å². The number of esters is 1. The first-order valence-corrected chi connectivity index (χ1v) is 6.85. The molecular formula is C17H12ClNO2. The molecule has 2 aromatic carbocycles. The summed E-state index contributed by atoms with van der Waals surface area (Å²) in [4.78, 5) is 16.1. The van der Waals surface area contributed by atoms with Crippen LogP contribution in [-0.4, -0.2) is 11.9 Å². The third-order valence-electron chi connectivity index (χ3n) is 3.09. The Morgan fingerprint density at radius 2 is 1.71 bits per heavy atom. The monoisotopic (exact) mass is 297 g/mol. The molecule has 0 N–H and O–H groups in total. The number of benzene rings is 2. The van der Waals surface area contributed by atoms with Gasteiger partial charge >= 0.3 is 5.97 Å². The van der Waals surface area contributed by atoms with E-state index in [2.05, 4.69) is 4.99 Å². The van der Waals surface area contributed by atoms with Crippen molar-refractivity contribution in [2.45, 2.75) is 6.92 Å². The molecule has 1 aliphatic heterocycles. The van der Waals surface area contributed by atoms with Crippen molar-refractivity contribution >= 4 is 29.5 Å². The molecule has 104 valence electrons.